The molecule has 1 aromatic carbocycles. The zero-order valence-corrected chi connectivity index (χ0v) is 12.1. The van der Waals surface area contributed by atoms with Gasteiger partial charge in [0.05, 0.1) is 0 Å². The largest absolute Gasteiger partial charge is 0.282 e. The lowest BCUT2D eigenvalue weighted by molar-refractivity contribution is 0.109. The van der Waals surface area contributed by atoms with Crippen molar-refractivity contribution in [2.45, 2.75) is 0 Å². The van der Waals surface area contributed by atoms with Crippen molar-refractivity contribution in [2.75, 3.05) is 0 Å². The first kappa shape index (κ1) is 11.6. The molecule has 0 aliphatic carbocycles. The van der Waals surface area contributed by atoms with E-state index in [-0.39, 0.29) is 7.58 Å². The standard InChI is InChI=1S/C8H3BrI2O2/c9-6-3-4(7(10)12)1-2-5(6)8(11)13/h1-3H. The fourth-order valence-electron chi connectivity index (χ4n) is 0.797. The van der Waals surface area contributed by atoms with Crippen molar-refractivity contribution in [1.29, 1.82) is 0 Å². The fourth-order valence-corrected chi connectivity index (χ4v) is 2.53. The average Bonchev–Trinajstić information content (AvgIpc) is 2.03. The summed E-state index contributed by atoms with van der Waals surface area (Å²) >= 11 is 6.65. The van der Waals surface area contributed by atoms with Gasteiger partial charge in [0.25, 0.3) is 0 Å². The molecule has 68 valence electrons. The molecule has 0 amide bonds. The number of hydrogen-bond acceptors (Lipinski definition) is 2. The lowest BCUT2D eigenvalue weighted by atomic mass is 10.2. The van der Waals surface area contributed by atoms with E-state index >= 15 is 0 Å². The van der Waals surface area contributed by atoms with Crippen molar-refractivity contribution in [3.05, 3.63) is 33.8 Å². The highest BCUT2D eigenvalue weighted by molar-refractivity contribution is 14.1. The Morgan fingerprint density at radius 2 is 1.77 bits per heavy atom. The summed E-state index contributed by atoms with van der Waals surface area (Å²) in [6.07, 6.45) is 0. The summed E-state index contributed by atoms with van der Waals surface area (Å²) in [5.74, 6) is 0. The summed E-state index contributed by atoms with van der Waals surface area (Å²) in [6.45, 7) is 0. The molecule has 0 unspecified atom stereocenters. The molecule has 0 atom stereocenters. The summed E-state index contributed by atoms with van der Waals surface area (Å²) in [5, 5.41) is 0. The molecule has 0 spiro atoms. The summed E-state index contributed by atoms with van der Waals surface area (Å²) < 4.78 is 0.581. The molecule has 13 heavy (non-hydrogen) atoms. The van der Waals surface area contributed by atoms with Gasteiger partial charge in [-0.15, -0.1) is 0 Å². The van der Waals surface area contributed by atoms with Crippen LogP contribution < -0.4 is 0 Å². The second-order valence-corrected chi connectivity index (χ2v) is 5.06. The van der Waals surface area contributed by atoms with Crippen LogP contribution in [0.25, 0.3) is 0 Å². The predicted octanol–water partition coefficient (Wildman–Crippen LogP) is 3.60. The number of carbonyl (C=O) groups excluding carboxylic acids is 2. The van der Waals surface area contributed by atoms with Crippen molar-refractivity contribution >= 4 is 68.7 Å². The predicted molar refractivity (Wildman–Crippen MR) is 70.8 cm³/mol. The first-order chi connectivity index (χ1) is 6.02. The molecule has 0 heterocycles. The van der Waals surface area contributed by atoms with Gasteiger partial charge in [0.2, 0.25) is 7.58 Å². The van der Waals surface area contributed by atoms with Crippen molar-refractivity contribution in [1.82, 2.24) is 0 Å². The number of halogens is 3. The monoisotopic (exact) mass is 464 g/mol. The Hall–Kier alpha value is 0.500. The number of carbonyl (C=O) groups is 2. The van der Waals surface area contributed by atoms with E-state index in [1.54, 1.807) is 63.4 Å². The van der Waals surface area contributed by atoms with Crippen LogP contribution >= 0.6 is 61.1 Å². The van der Waals surface area contributed by atoms with Gasteiger partial charge in [0.1, 0.15) is 0 Å². The molecule has 5 heteroatoms. The van der Waals surface area contributed by atoms with Crippen molar-refractivity contribution in [3.8, 4) is 0 Å². The van der Waals surface area contributed by atoms with Crippen molar-refractivity contribution < 1.29 is 9.59 Å². The molecule has 0 N–H and O–H groups in total. The van der Waals surface area contributed by atoms with Crippen LogP contribution in [-0.4, -0.2) is 7.58 Å². The highest BCUT2D eigenvalue weighted by atomic mass is 127. The van der Waals surface area contributed by atoms with E-state index in [9.17, 15) is 9.59 Å². The zero-order chi connectivity index (χ0) is 10.0. The van der Waals surface area contributed by atoms with E-state index in [0.29, 0.717) is 15.6 Å². The lowest BCUT2D eigenvalue weighted by Gasteiger charge is -2.00. The maximum atomic E-state index is 11.0. The molecule has 0 fully saturated rings. The molecular weight excluding hydrogens is 462 g/mol. The maximum Gasteiger partial charge on any atom is 0.223 e. The Morgan fingerprint density at radius 1 is 1.15 bits per heavy atom. The zero-order valence-electron chi connectivity index (χ0n) is 6.18. The second kappa shape index (κ2) is 4.83. The van der Waals surface area contributed by atoms with Gasteiger partial charge in [-0.1, -0.05) is 0 Å². The molecule has 2 nitrogen and oxygen atoms in total. The van der Waals surface area contributed by atoms with E-state index in [4.69, 9.17) is 0 Å². The summed E-state index contributed by atoms with van der Waals surface area (Å²) in [5.41, 5.74) is 1.18. The molecule has 0 aromatic heterocycles. The first-order valence-corrected chi connectivity index (χ1v) is 6.16. The molecule has 1 aromatic rings. The van der Waals surface area contributed by atoms with Crippen LogP contribution in [0.15, 0.2) is 22.7 Å². The van der Waals surface area contributed by atoms with Crippen LogP contribution in [0, 0.1) is 0 Å². The Bertz CT molecular complexity index is 376. The molecule has 0 bridgehead atoms. The van der Waals surface area contributed by atoms with Crippen molar-refractivity contribution in [3.63, 3.8) is 0 Å². The Morgan fingerprint density at radius 3 is 2.15 bits per heavy atom. The lowest BCUT2D eigenvalue weighted by Crippen LogP contribution is -1.93. The Kier molecular flexibility index (Phi) is 4.30. The Labute approximate surface area is 111 Å². The quantitative estimate of drug-likeness (QED) is 0.495. The van der Waals surface area contributed by atoms with Gasteiger partial charge in [-0.05, 0) is 34.1 Å². The molecular formula is C8H3BrI2O2. The minimum atomic E-state index is -0.0445. The number of benzene rings is 1. The average molecular weight is 465 g/mol. The van der Waals surface area contributed by atoms with Gasteiger partial charge in [-0.25, -0.2) is 0 Å². The van der Waals surface area contributed by atoms with E-state index in [1.165, 1.54) is 0 Å². The first-order valence-electron chi connectivity index (χ1n) is 3.21. The second-order valence-electron chi connectivity index (χ2n) is 2.24. The van der Waals surface area contributed by atoms with E-state index < -0.39 is 0 Å². The van der Waals surface area contributed by atoms with Crippen LogP contribution in [0.2, 0.25) is 0 Å². The van der Waals surface area contributed by atoms with Crippen LogP contribution in [0.3, 0.4) is 0 Å². The highest BCUT2D eigenvalue weighted by Gasteiger charge is 2.09. The van der Waals surface area contributed by atoms with Gasteiger partial charge in [-0.3, -0.25) is 9.59 Å². The van der Waals surface area contributed by atoms with Gasteiger partial charge in [0, 0.05) is 60.8 Å². The van der Waals surface area contributed by atoms with Gasteiger partial charge in [-0.2, -0.15) is 0 Å². The summed E-state index contributed by atoms with van der Waals surface area (Å²) in [4.78, 5) is 22.0. The topological polar surface area (TPSA) is 34.1 Å². The normalized spacial score (nSPS) is 9.77. The summed E-state index contributed by atoms with van der Waals surface area (Å²) in [6, 6.07) is 4.94. The fraction of sp³-hybridized carbons (Fsp3) is 0. The molecule has 0 radical (unpaired) electrons. The van der Waals surface area contributed by atoms with Crippen molar-refractivity contribution in [2.24, 2.45) is 0 Å². The highest BCUT2D eigenvalue weighted by Crippen LogP contribution is 2.22. The third-order valence-corrected chi connectivity index (χ3v) is 3.27. The molecule has 0 saturated heterocycles. The Balaban J connectivity index is 3.20. The third kappa shape index (κ3) is 2.98. The number of rotatable bonds is 2. The van der Waals surface area contributed by atoms with Gasteiger partial charge in [0.15, 0.2) is 0 Å². The number of hydrogen-bond donors (Lipinski definition) is 0. The smallest absolute Gasteiger partial charge is 0.223 e. The van der Waals surface area contributed by atoms with Gasteiger partial charge < -0.3 is 0 Å². The molecule has 0 aliphatic heterocycles. The van der Waals surface area contributed by atoms with Crippen LogP contribution in [-0.2, 0) is 0 Å². The van der Waals surface area contributed by atoms with Crippen LogP contribution in [0.1, 0.15) is 20.7 Å². The van der Waals surface area contributed by atoms with Crippen LogP contribution in [0.5, 0.6) is 0 Å². The summed E-state index contributed by atoms with van der Waals surface area (Å²) in [7, 11) is 0. The maximum absolute atomic E-state index is 11.0. The molecule has 1 rings (SSSR count). The van der Waals surface area contributed by atoms with Gasteiger partial charge >= 0.3 is 0 Å². The van der Waals surface area contributed by atoms with E-state index in [0.717, 1.165) is 0 Å². The molecule has 0 aliphatic rings. The third-order valence-electron chi connectivity index (χ3n) is 1.41. The molecule has 0 saturated carbocycles. The SMILES string of the molecule is O=C(I)c1ccc(C(=O)I)c(Br)c1. The van der Waals surface area contributed by atoms with Crippen LogP contribution in [0.4, 0.5) is 0 Å². The van der Waals surface area contributed by atoms with E-state index in [2.05, 4.69) is 15.9 Å². The minimum absolute atomic E-state index is 0.0363. The minimum Gasteiger partial charge on any atom is -0.282 e. The van der Waals surface area contributed by atoms with E-state index in [1.807, 2.05) is 0 Å².